The maximum Gasteiger partial charge on any atom is 0.274 e. The molecule has 7 nitrogen and oxygen atoms in total. The Labute approximate surface area is 151 Å². The number of aliphatic hydroxyl groups is 1. The fraction of sp³-hybridized carbons (Fsp3) is 0.579. The molecule has 1 aliphatic heterocycles. The zero-order valence-electron chi connectivity index (χ0n) is 14.8. The van der Waals surface area contributed by atoms with Gasteiger partial charge in [0.25, 0.3) is 5.56 Å². The number of rotatable bonds is 5. The lowest BCUT2D eigenvalue weighted by atomic mass is 9.71. The van der Waals surface area contributed by atoms with Gasteiger partial charge in [0, 0.05) is 6.04 Å². The monoisotopic (exact) mass is 358 g/mol. The first kappa shape index (κ1) is 17.3. The minimum atomic E-state index is -0.238. The number of para-hydroxylation sites is 1. The number of nitrogens with one attached hydrogen (secondary N) is 3. The van der Waals surface area contributed by atoms with Gasteiger partial charge >= 0.3 is 0 Å². The van der Waals surface area contributed by atoms with E-state index < -0.39 is 0 Å². The minimum Gasteiger partial charge on any atom is -0.393 e. The van der Waals surface area contributed by atoms with Crippen LogP contribution in [0.3, 0.4) is 0 Å². The van der Waals surface area contributed by atoms with Gasteiger partial charge in [-0.25, -0.2) is 4.68 Å². The fourth-order valence-corrected chi connectivity index (χ4v) is 4.34. The van der Waals surface area contributed by atoms with E-state index in [1.54, 1.807) is 6.07 Å². The quantitative estimate of drug-likeness (QED) is 0.628. The molecule has 7 heteroatoms. The first-order chi connectivity index (χ1) is 12.6. The van der Waals surface area contributed by atoms with Crippen molar-refractivity contribution in [1.82, 2.24) is 20.4 Å². The van der Waals surface area contributed by atoms with Gasteiger partial charge in [-0.2, -0.15) is 0 Å². The molecule has 0 spiro atoms. The number of nitrogens with zero attached hydrogens (tertiary/aromatic N) is 1. The van der Waals surface area contributed by atoms with Crippen LogP contribution in [0.15, 0.2) is 29.1 Å². The third-order valence-corrected chi connectivity index (χ3v) is 5.84. The summed E-state index contributed by atoms with van der Waals surface area (Å²) in [5, 5.41) is 19.8. The zero-order valence-corrected chi connectivity index (χ0v) is 14.8. The number of carbonyl (C=O) groups excluding carboxylic acids is 1. The predicted molar refractivity (Wildman–Crippen MR) is 98.8 cm³/mol. The summed E-state index contributed by atoms with van der Waals surface area (Å²) in [6.07, 6.45) is 3.33. The lowest BCUT2D eigenvalue weighted by Gasteiger charge is -2.43. The predicted octanol–water partition coefficient (Wildman–Crippen LogP) is 0.585. The number of amides is 1. The molecule has 1 atom stereocenters. The van der Waals surface area contributed by atoms with Crippen molar-refractivity contribution in [3.8, 4) is 0 Å². The zero-order chi connectivity index (χ0) is 18.1. The van der Waals surface area contributed by atoms with Crippen LogP contribution in [0.1, 0.15) is 25.7 Å². The van der Waals surface area contributed by atoms with Crippen molar-refractivity contribution in [1.29, 1.82) is 0 Å². The summed E-state index contributed by atoms with van der Waals surface area (Å²) >= 11 is 0. The Hall–Kier alpha value is -2.12. The van der Waals surface area contributed by atoms with Crippen molar-refractivity contribution in [3.05, 3.63) is 34.6 Å². The Morgan fingerprint density at radius 1 is 1.23 bits per heavy atom. The minimum absolute atomic E-state index is 0.00967. The van der Waals surface area contributed by atoms with E-state index >= 15 is 0 Å². The van der Waals surface area contributed by atoms with Crippen molar-refractivity contribution in [2.45, 2.75) is 44.4 Å². The third kappa shape index (κ3) is 3.41. The standard InChI is InChI=1S/C19H26N4O3/c24-14-9-13(10-14)18(12-5-7-20-8-6-12)21-17(25)11-23-19(26)15-3-1-2-4-16(15)22-23/h1-4,12-14,18,20,22,24H,5-11H2,(H,21,25). The molecule has 0 bridgehead atoms. The van der Waals surface area contributed by atoms with E-state index in [0.717, 1.165) is 44.3 Å². The fourth-order valence-electron chi connectivity index (χ4n) is 4.34. The Bertz CT molecular complexity index is 831. The van der Waals surface area contributed by atoms with E-state index in [1.165, 1.54) is 4.68 Å². The first-order valence-electron chi connectivity index (χ1n) is 9.47. The largest absolute Gasteiger partial charge is 0.393 e. The second-order valence-electron chi connectivity index (χ2n) is 7.61. The summed E-state index contributed by atoms with van der Waals surface area (Å²) in [6.45, 7) is 1.92. The average molecular weight is 358 g/mol. The number of H-pyrrole nitrogens is 1. The van der Waals surface area contributed by atoms with E-state index in [4.69, 9.17) is 0 Å². The van der Waals surface area contributed by atoms with Crippen LogP contribution in [0.25, 0.3) is 10.9 Å². The topological polar surface area (TPSA) is 99.2 Å². The number of carbonyl (C=O) groups is 1. The van der Waals surface area contributed by atoms with E-state index in [0.29, 0.717) is 17.2 Å². The molecule has 1 unspecified atom stereocenters. The summed E-state index contributed by atoms with van der Waals surface area (Å²) in [5.74, 6) is 0.609. The Kier molecular flexibility index (Phi) is 4.82. The van der Waals surface area contributed by atoms with Gasteiger partial charge < -0.3 is 15.7 Å². The van der Waals surface area contributed by atoms with Crippen molar-refractivity contribution >= 4 is 16.8 Å². The first-order valence-corrected chi connectivity index (χ1v) is 9.47. The highest BCUT2D eigenvalue weighted by molar-refractivity contribution is 5.79. The van der Waals surface area contributed by atoms with Crippen LogP contribution in [0.5, 0.6) is 0 Å². The highest BCUT2D eigenvalue weighted by Crippen LogP contribution is 2.35. The number of aromatic amines is 1. The van der Waals surface area contributed by atoms with Crippen molar-refractivity contribution in [3.63, 3.8) is 0 Å². The van der Waals surface area contributed by atoms with Crippen LogP contribution in [0.4, 0.5) is 0 Å². The molecule has 2 fully saturated rings. The Morgan fingerprint density at radius 3 is 2.65 bits per heavy atom. The van der Waals surface area contributed by atoms with E-state index in [-0.39, 0.29) is 30.2 Å². The van der Waals surface area contributed by atoms with Gasteiger partial charge in [-0.3, -0.25) is 14.7 Å². The van der Waals surface area contributed by atoms with Gasteiger partial charge in [-0.1, -0.05) is 12.1 Å². The molecule has 2 heterocycles. The molecule has 4 N–H and O–H groups in total. The number of benzene rings is 1. The summed E-state index contributed by atoms with van der Waals surface area (Å²) in [5.41, 5.74) is 0.565. The number of aliphatic hydroxyl groups excluding tert-OH is 1. The summed E-state index contributed by atoms with van der Waals surface area (Å²) < 4.78 is 1.37. The van der Waals surface area contributed by atoms with Gasteiger partial charge in [0.15, 0.2) is 0 Å². The molecular weight excluding hydrogens is 332 g/mol. The second-order valence-corrected chi connectivity index (χ2v) is 7.61. The average Bonchev–Trinajstić information content (AvgIpc) is 2.94. The molecule has 2 aliphatic rings. The van der Waals surface area contributed by atoms with Gasteiger partial charge in [0.05, 0.1) is 17.0 Å². The molecule has 1 amide bonds. The van der Waals surface area contributed by atoms with Gasteiger partial charge in [0.1, 0.15) is 6.54 Å². The molecule has 0 radical (unpaired) electrons. The Balaban J connectivity index is 1.47. The molecule has 26 heavy (non-hydrogen) atoms. The molecule has 1 saturated heterocycles. The van der Waals surface area contributed by atoms with Crippen molar-refractivity contribution in [2.75, 3.05) is 13.1 Å². The molecule has 4 rings (SSSR count). The molecule has 1 aromatic heterocycles. The third-order valence-electron chi connectivity index (χ3n) is 5.84. The van der Waals surface area contributed by atoms with E-state index in [9.17, 15) is 14.7 Å². The van der Waals surface area contributed by atoms with Gasteiger partial charge in [-0.05, 0) is 62.7 Å². The summed E-state index contributed by atoms with van der Waals surface area (Å²) in [4.78, 5) is 25.1. The molecule has 2 aromatic rings. The van der Waals surface area contributed by atoms with Crippen LogP contribution in [0, 0.1) is 11.8 Å². The van der Waals surface area contributed by atoms with Gasteiger partial charge in [0.2, 0.25) is 5.91 Å². The van der Waals surface area contributed by atoms with Crippen LogP contribution >= 0.6 is 0 Å². The smallest absolute Gasteiger partial charge is 0.274 e. The number of fused-ring (bicyclic) bond motifs is 1. The van der Waals surface area contributed by atoms with E-state index in [1.807, 2.05) is 18.2 Å². The maximum absolute atomic E-state index is 12.7. The number of hydrogen-bond acceptors (Lipinski definition) is 4. The lowest BCUT2D eigenvalue weighted by molar-refractivity contribution is -0.124. The van der Waals surface area contributed by atoms with Crippen molar-refractivity contribution in [2.24, 2.45) is 11.8 Å². The second kappa shape index (κ2) is 7.25. The number of piperidine rings is 1. The van der Waals surface area contributed by atoms with Crippen LogP contribution in [-0.2, 0) is 11.3 Å². The maximum atomic E-state index is 12.7. The molecular formula is C19H26N4O3. The normalized spacial score (nSPS) is 25.0. The molecule has 140 valence electrons. The van der Waals surface area contributed by atoms with Crippen LogP contribution < -0.4 is 16.2 Å². The molecule has 1 aromatic carbocycles. The van der Waals surface area contributed by atoms with Crippen LogP contribution in [-0.4, -0.2) is 46.0 Å². The lowest BCUT2D eigenvalue weighted by Crippen LogP contribution is -2.53. The highest BCUT2D eigenvalue weighted by Gasteiger charge is 2.39. The number of aromatic nitrogens is 2. The van der Waals surface area contributed by atoms with Crippen molar-refractivity contribution < 1.29 is 9.90 Å². The summed E-state index contributed by atoms with van der Waals surface area (Å²) in [6, 6.07) is 7.34. The van der Waals surface area contributed by atoms with Crippen LogP contribution in [0.2, 0.25) is 0 Å². The van der Waals surface area contributed by atoms with Gasteiger partial charge in [-0.15, -0.1) is 0 Å². The molecule has 1 saturated carbocycles. The SMILES string of the molecule is O=C(Cn1[nH]c2ccccc2c1=O)NC(C1CCNCC1)C1CC(O)C1. The summed E-state index contributed by atoms with van der Waals surface area (Å²) in [7, 11) is 0. The molecule has 1 aliphatic carbocycles. The highest BCUT2D eigenvalue weighted by atomic mass is 16.3. The Morgan fingerprint density at radius 2 is 1.96 bits per heavy atom. The number of hydrogen-bond donors (Lipinski definition) is 4. The van der Waals surface area contributed by atoms with E-state index in [2.05, 4.69) is 15.7 Å².